The number of nitrogens with one attached hydrogen (secondary N) is 2. The molecule has 1 aliphatic rings. The Labute approximate surface area is 111 Å². The van der Waals surface area contributed by atoms with Crippen molar-refractivity contribution in [3.8, 4) is 0 Å². The van der Waals surface area contributed by atoms with E-state index < -0.39 is 4.92 Å². The van der Waals surface area contributed by atoms with Crippen LogP contribution in [0, 0.1) is 16.0 Å². The molecule has 102 valence electrons. The largest absolute Gasteiger partial charge is 0.355 e. The van der Waals surface area contributed by atoms with Crippen molar-refractivity contribution < 1.29 is 9.72 Å². The molecule has 6 nitrogen and oxygen atoms in total. The fourth-order valence-corrected chi connectivity index (χ4v) is 1.79. The van der Waals surface area contributed by atoms with Gasteiger partial charge >= 0.3 is 0 Å². The van der Waals surface area contributed by atoms with Gasteiger partial charge in [-0.15, -0.1) is 0 Å². The van der Waals surface area contributed by atoms with Crippen molar-refractivity contribution in [3.63, 3.8) is 0 Å². The van der Waals surface area contributed by atoms with Crippen LogP contribution in [0.25, 0.3) is 0 Å². The molecular formula is C13H17N3O3. The standard InChI is InChI=1S/C13H17N3O3/c17-13(15-7-10-5-6-10)9-14-8-11-3-1-2-4-12(11)16(18)19/h1-4,10,14H,5-9H2,(H,15,17). The molecule has 1 amide bonds. The average molecular weight is 263 g/mol. The van der Waals surface area contributed by atoms with Crippen LogP contribution in [0.5, 0.6) is 0 Å². The van der Waals surface area contributed by atoms with Crippen molar-refractivity contribution in [2.75, 3.05) is 13.1 Å². The normalized spacial score (nSPS) is 14.1. The third-order valence-corrected chi connectivity index (χ3v) is 3.07. The summed E-state index contributed by atoms with van der Waals surface area (Å²) < 4.78 is 0. The van der Waals surface area contributed by atoms with Crippen molar-refractivity contribution in [3.05, 3.63) is 39.9 Å². The van der Waals surface area contributed by atoms with Crippen LogP contribution in [0.1, 0.15) is 18.4 Å². The molecule has 0 atom stereocenters. The van der Waals surface area contributed by atoms with E-state index in [1.807, 2.05) is 0 Å². The van der Waals surface area contributed by atoms with Gasteiger partial charge in [0.1, 0.15) is 0 Å². The van der Waals surface area contributed by atoms with Crippen molar-refractivity contribution in [1.29, 1.82) is 0 Å². The number of benzene rings is 1. The lowest BCUT2D eigenvalue weighted by atomic mass is 10.2. The van der Waals surface area contributed by atoms with Gasteiger partial charge in [0.15, 0.2) is 0 Å². The van der Waals surface area contributed by atoms with Gasteiger partial charge in [-0.2, -0.15) is 0 Å². The summed E-state index contributed by atoms with van der Waals surface area (Å²) >= 11 is 0. The van der Waals surface area contributed by atoms with Gasteiger partial charge in [-0.3, -0.25) is 14.9 Å². The first kappa shape index (κ1) is 13.5. The van der Waals surface area contributed by atoms with Crippen LogP contribution in [0.2, 0.25) is 0 Å². The van der Waals surface area contributed by atoms with Crippen LogP contribution >= 0.6 is 0 Å². The molecule has 6 heteroatoms. The Balaban J connectivity index is 1.75. The number of hydrogen-bond acceptors (Lipinski definition) is 4. The monoisotopic (exact) mass is 263 g/mol. The molecule has 0 aliphatic heterocycles. The second kappa shape index (κ2) is 6.29. The molecule has 1 fully saturated rings. The fourth-order valence-electron chi connectivity index (χ4n) is 1.79. The average Bonchev–Trinajstić information content (AvgIpc) is 3.21. The molecule has 1 saturated carbocycles. The van der Waals surface area contributed by atoms with Crippen LogP contribution < -0.4 is 10.6 Å². The minimum atomic E-state index is -0.413. The topological polar surface area (TPSA) is 84.3 Å². The minimum absolute atomic E-state index is 0.0644. The van der Waals surface area contributed by atoms with E-state index in [1.54, 1.807) is 18.2 Å². The Morgan fingerprint density at radius 2 is 2.11 bits per heavy atom. The number of nitrogens with zero attached hydrogens (tertiary/aromatic N) is 1. The van der Waals surface area contributed by atoms with E-state index in [-0.39, 0.29) is 18.1 Å². The first-order chi connectivity index (χ1) is 9.16. The third-order valence-electron chi connectivity index (χ3n) is 3.07. The van der Waals surface area contributed by atoms with Gasteiger partial charge in [-0.1, -0.05) is 18.2 Å². The third kappa shape index (κ3) is 4.33. The lowest BCUT2D eigenvalue weighted by molar-refractivity contribution is -0.385. The molecular weight excluding hydrogens is 246 g/mol. The lowest BCUT2D eigenvalue weighted by Gasteiger charge is -2.06. The predicted molar refractivity (Wildman–Crippen MR) is 70.5 cm³/mol. The summed E-state index contributed by atoms with van der Waals surface area (Å²) in [4.78, 5) is 21.9. The molecule has 1 aromatic rings. The number of hydrogen-bond donors (Lipinski definition) is 2. The minimum Gasteiger partial charge on any atom is -0.355 e. The Hall–Kier alpha value is -1.95. The molecule has 0 aromatic heterocycles. The van der Waals surface area contributed by atoms with Gasteiger partial charge < -0.3 is 10.6 Å². The molecule has 2 N–H and O–H groups in total. The summed E-state index contributed by atoms with van der Waals surface area (Å²) in [6, 6.07) is 6.53. The maximum absolute atomic E-state index is 11.5. The molecule has 0 unspecified atom stereocenters. The molecule has 1 aromatic carbocycles. The highest BCUT2D eigenvalue weighted by atomic mass is 16.6. The van der Waals surface area contributed by atoms with E-state index in [0.29, 0.717) is 18.0 Å². The van der Waals surface area contributed by atoms with Crippen LogP contribution in [-0.2, 0) is 11.3 Å². The Kier molecular flexibility index (Phi) is 4.46. The summed E-state index contributed by atoms with van der Waals surface area (Å²) in [5.41, 5.74) is 0.663. The van der Waals surface area contributed by atoms with Crippen LogP contribution in [0.4, 0.5) is 5.69 Å². The van der Waals surface area contributed by atoms with Gasteiger partial charge in [0, 0.05) is 24.7 Å². The molecule has 0 spiro atoms. The van der Waals surface area contributed by atoms with Gasteiger partial charge in [0.2, 0.25) is 5.91 Å². The van der Waals surface area contributed by atoms with E-state index in [4.69, 9.17) is 0 Å². The maximum atomic E-state index is 11.5. The highest BCUT2D eigenvalue weighted by Gasteiger charge is 2.21. The Morgan fingerprint density at radius 3 is 2.79 bits per heavy atom. The number of amides is 1. The van der Waals surface area contributed by atoms with E-state index in [1.165, 1.54) is 18.9 Å². The van der Waals surface area contributed by atoms with Crippen molar-refractivity contribution in [2.24, 2.45) is 5.92 Å². The molecule has 0 heterocycles. The molecule has 0 bridgehead atoms. The van der Waals surface area contributed by atoms with E-state index in [0.717, 1.165) is 6.54 Å². The summed E-state index contributed by atoms with van der Waals surface area (Å²) in [6.07, 6.45) is 2.40. The molecule has 0 radical (unpaired) electrons. The summed E-state index contributed by atoms with van der Waals surface area (Å²) in [5.74, 6) is 0.588. The zero-order valence-corrected chi connectivity index (χ0v) is 10.6. The van der Waals surface area contributed by atoms with E-state index in [2.05, 4.69) is 10.6 Å². The van der Waals surface area contributed by atoms with Gasteiger partial charge in [0.25, 0.3) is 5.69 Å². The second-order valence-electron chi connectivity index (χ2n) is 4.74. The highest BCUT2D eigenvalue weighted by Crippen LogP contribution is 2.27. The summed E-state index contributed by atoms with van der Waals surface area (Å²) in [5, 5.41) is 16.6. The number of rotatable bonds is 7. The number of para-hydroxylation sites is 1. The van der Waals surface area contributed by atoms with Crippen LogP contribution in [0.15, 0.2) is 24.3 Å². The van der Waals surface area contributed by atoms with Crippen molar-refractivity contribution in [1.82, 2.24) is 10.6 Å². The van der Waals surface area contributed by atoms with Crippen molar-refractivity contribution >= 4 is 11.6 Å². The van der Waals surface area contributed by atoms with E-state index >= 15 is 0 Å². The lowest BCUT2D eigenvalue weighted by Crippen LogP contribution is -2.34. The first-order valence-corrected chi connectivity index (χ1v) is 6.36. The van der Waals surface area contributed by atoms with Crippen LogP contribution in [0.3, 0.4) is 0 Å². The van der Waals surface area contributed by atoms with Crippen molar-refractivity contribution in [2.45, 2.75) is 19.4 Å². The Morgan fingerprint density at radius 1 is 1.37 bits per heavy atom. The van der Waals surface area contributed by atoms with Gasteiger partial charge in [-0.25, -0.2) is 0 Å². The van der Waals surface area contributed by atoms with Gasteiger partial charge in [-0.05, 0) is 18.8 Å². The summed E-state index contributed by atoms with van der Waals surface area (Å²) in [7, 11) is 0. The second-order valence-corrected chi connectivity index (χ2v) is 4.74. The smallest absolute Gasteiger partial charge is 0.273 e. The number of nitro benzene ring substituents is 1. The maximum Gasteiger partial charge on any atom is 0.273 e. The fraction of sp³-hybridized carbons (Fsp3) is 0.462. The molecule has 1 aliphatic carbocycles. The molecule has 19 heavy (non-hydrogen) atoms. The molecule has 0 saturated heterocycles. The zero-order chi connectivity index (χ0) is 13.7. The summed E-state index contributed by atoms with van der Waals surface area (Å²) in [6.45, 7) is 1.23. The van der Waals surface area contributed by atoms with E-state index in [9.17, 15) is 14.9 Å². The van der Waals surface area contributed by atoms with Gasteiger partial charge in [0.05, 0.1) is 11.5 Å². The first-order valence-electron chi connectivity index (χ1n) is 6.36. The zero-order valence-electron chi connectivity index (χ0n) is 10.6. The highest BCUT2D eigenvalue weighted by molar-refractivity contribution is 5.78. The number of nitro groups is 1. The quantitative estimate of drug-likeness (QED) is 0.572. The van der Waals surface area contributed by atoms with Crippen LogP contribution in [-0.4, -0.2) is 23.9 Å². The Bertz CT molecular complexity index is 472. The number of carbonyl (C=O) groups excluding carboxylic acids is 1. The predicted octanol–water partition coefficient (Wildman–Crippen LogP) is 1.21. The molecule has 2 rings (SSSR count). The number of carbonyl (C=O) groups is 1. The SMILES string of the molecule is O=C(CNCc1ccccc1[N+](=O)[O-])NCC1CC1.